The Morgan fingerprint density at radius 1 is 0.829 bits per heavy atom. The zero-order chi connectivity index (χ0) is 25.1. The van der Waals surface area contributed by atoms with Crippen LogP contribution in [0.25, 0.3) is 0 Å². The van der Waals surface area contributed by atoms with Gasteiger partial charge in [-0.25, -0.2) is 4.79 Å². The smallest absolute Gasteiger partial charge is 0.378 e. The Morgan fingerprint density at radius 2 is 1.37 bits per heavy atom. The van der Waals surface area contributed by atoms with Crippen molar-refractivity contribution in [3.8, 4) is 0 Å². The van der Waals surface area contributed by atoms with Crippen LogP contribution >= 0.6 is 0 Å². The zero-order valence-electron chi connectivity index (χ0n) is 21.6. The lowest BCUT2D eigenvalue weighted by molar-refractivity contribution is -0.148. The van der Waals surface area contributed by atoms with Crippen LogP contribution in [0.3, 0.4) is 0 Å². The molecule has 0 radical (unpaired) electrons. The van der Waals surface area contributed by atoms with Crippen LogP contribution < -0.4 is 0 Å². The Balaban J connectivity index is 1.62. The van der Waals surface area contributed by atoms with E-state index in [1.54, 1.807) is 0 Å². The minimum absolute atomic E-state index is 0.00752. The molecule has 1 aliphatic rings. The molecule has 0 aliphatic carbocycles. The molecule has 198 valence electrons. The molecule has 1 aliphatic heterocycles. The summed E-state index contributed by atoms with van der Waals surface area (Å²) >= 11 is 0. The standard InChI is InChI=1S/C29H46O6/c1-2-3-4-5-6-7-8-9-10-11-12-13-14-18-21-33-28-27(26(25(31)22-30)35-29(28)32)34-23-24-19-16-15-17-20-24/h15-17,19-20,25-26,30-31H,2-14,18,21-23H2,1H3/t25-,26+/m0/s1. The van der Waals surface area contributed by atoms with Crippen LogP contribution in [0.15, 0.2) is 41.9 Å². The summed E-state index contributed by atoms with van der Waals surface area (Å²) in [5.74, 6) is -0.491. The van der Waals surface area contributed by atoms with E-state index >= 15 is 0 Å². The fourth-order valence-electron chi connectivity index (χ4n) is 4.29. The molecule has 0 unspecified atom stereocenters. The first-order valence-electron chi connectivity index (χ1n) is 13.7. The molecule has 2 N–H and O–H groups in total. The highest BCUT2D eigenvalue weighted by Gasteiger charge is 2.41. The molecule has 35 heavy (non-hydrogen) atoms. The summed E-state index contributed by atoms with van der Waals surface area (Å²) in [4.78, 5) is 12.3. The molecule has 1 aromatic carbocycles. The van der Waals surface area contributed by atoms with E-state index < -0.39 is 24.8 Å². The lowest BCUT2D eigenvalue weighted by Gasteiger charge is -2.18. The van der Waals surface area contributed by atoms with Gasteiger partial charge in [-0.3, -0.25) is 0 Å². The number of ether oxygens (including phenoxy) is 3. The number of hydrogen-bond acceptors (Lipinski definition) is 6. The average Bonchev–Trinajstić information content (AvgIpc) is 3.20. The van der Waals surface area contributed by atoms with Gasteiger partial charge in [-0.05, 0) is 12.0 Å². The number of rotatable bonds is 21. The molecule has 0 aromatic heterocycles. The van der Waals surface area contributed by atoms with Gasteiger partial charge in [0.2, 0.25) is 5.76 Å². The van der Waals surface area contributed by atoms with Gasteiger partial charge in [-0.2, -0.15) is 0 Å². The van der Waals surface area contributed by atoms with Gasteiger partial charge in [0, 0.05) is 0 Å². The third-order valence-corrected chi connectivity index (χ3v) is 6.42. The van der Waals surface area contributed by atoms with Crippen LogP contribution in [0.4, 0.5) is 0 Å². The monoisotopic (exact) mass is 490 g/mol. The van der Waals surface area contributed by atoms with E-state index in [4.69, 9.17) is 14.2 Å². The summed E-state index contributed by atoms with van der Waals surface area (Å²) in [5, 5.41) is 19.4. The molecule has 0 saturated heterocycles. The third-order valence-electron chi connectivity index (χ3n) is 6.42. The fourth-order valence-corrected chi connectivity index (χ4v) is 4.29. The Kier molecular flexibility index (Phi) is 15.2. The summed E-state index contributed by atoms with van der Waals surface area (Å²) in [7, 11) is 0. The van der Waals surface area contributed by atoms with Crippen molar-refractivity contribution < 1.29 is 29.2 Å². The highest BCUT2D eigenvalue weighted by Crippen LogP contribution is 2.28. The highest BCUT2D eigenvalue weighted by atomic mass is 16.6. The van der Waals surface area contributed by atoms with E-state index in [0.717, 1.165) is 24.8 Å². The topological polar surface area (TPSA) is 85.2 Å². The van der Waals surface area contributed by atoms with Crippen molar-refractivity contribution in [3.63, 3.8) is 0 Å². The number of aliphatic hydroxyl groups excluding tert-OH is 2. The normalized spacial score (nSPS) is 16.4. The summed E-state index contributed by atoms with van der Waals surface area (Å²) in [6.07, 6.45) is 15.5. The molecule has 0 amide bonds. The minimum Gasteiger partial charge on any atom is -0.485 e. The number of carbonyl (C=O) groups excluding carboxylic acids is 1. The Morgan fingerprint density at radius 3 is 1.91 bits per heavy atom. The van der Waals surface area contributed by atoms with Crippen molar-refractivity contribution in [2.24, 2.45) is 0 Å². The number of cyclic esters (lactones) is 1. The van der Waals surface area contributed by atoms with Gasteiger partial charge >= 0.3 is 5.97 Å². The summed E-state index contributed by atoms with van der Waals surface area (Å²) < 4.78 is 16.8. The fraction of sp³-hybridized carbons (Fsp3) is 0.690. The number of aliphatic hydroxyl groups is 2. The van der Waals surface area contributed by atoms with E-state index in [0.29, 0.717) is 6.61 Å². The first-order chi connectivity index (χ1) is 17.2. The van der Waals surface area contributed by atoms with E-state index in [-0.39, 0.29) is 18.1 Å². The molecule has 1 heterocycles. The van der Waals surface area contributed by atoms with Gasteiger partial charge in [0.15, 0.2) is 11.9 Å². The molecule has 0 bridgehead atoms. The second kappa shape index (κ2) is 18.3. The van der Waals surface area contributed by atoms with E-state index in [1.807, 2.05) is 30.3 Å². The number of hydrogen-bond donors (Lipinski definition) is 2. The maximum Gasteiger partial charge on any atom is 0.378 e. The first kappa shape index (κ1) is 29.2. The molecule has 1 aromatic rings. The largest absolute Gasteiger partial charge is 0.485 e. The predicted octanol–water partition coefficient (Wildman–Crippen LogP) is 6.19. The van der Waals surface area contributed by atoms with Crippen LogP contribution in [0, 0.1) is 0 Å². The van der Waals surface area contributed by atoms with Gasteiger partial charge in [0.05, 0.1) is 13.2 Å². The number of esters is 1. The lowest BCUT2D eigenvalue weighted by atomic mass is 10.0. The molecule has 6 nitrogen and oxygen atoms in total. The number of benzene rings is 1. The van der Waals surface area contributed by atoms with Gasteiger partial charge < -0.3 is 24.4 Å². The van der Waals surface area contributed by atoms with Crippen molar-refractivity contribution in [1.29, 1.82) is 0 Å². The average molecular weight is 491 g/mol. The van der Waals surface area contributed by atoms with Crippen molar-refractivity contribution in [2.45, 2.75) is 116 Å². The van der Waals surface area contributed by atoms with Crippen molar-refractivity contribution >= 4 is 5.97 Å². The molecular weight excluding hydrogens is 444 g/mol. The quantitative estimate of drug-likeness (QED) is 0.158. The van der Waals surface area contributed by atoms with Gasteiger partial charge in [-0.1, -0.05) is 121 Å². The van der Waals surface area contributed by atoms with Crippen LogP contribution in [-0.2, 0) is 25.6 Å². The van der Waals surface area contributed by atoms with Crippen molar-refractivity contribution in [1.82, 2.24) is 0 Å². The van der Waals surface area contributed by atoms with E-state index in [2.05, 4.69) is 6.92 Å². The van der Waals surface area contributed by atoms with Gasteiger partial charge in [0.1, 0.15) is 12.7 Å². The van der Waals surface area contributed by atoms with Crippen LogP contribution in [-0.4, -0.2) is 41.6 Å². The maximum atomic E-state index is 12.3. The summed E-state index contributed by atoms with van der Waals surface area (Å²) in [6.45, 7) is 2.33. The Hall–Kier alpha value is -2.05. The molecule has 6 heteroatoms. The molecule has 0 spiro atoms. The predicted molar refractivity (Wildman–Crippen MR) is 137 cm³/mol. The van der Waals surface area contributed by atoms with Crippen LogP contribution in [0.5, 0.6) is 0 Å². The highest BCUT2D eigenvalue weighted by molar-refractivity contribution is 5.89. The molecular formula is C29H46O6. The van der Waals surface area contributed by atoms with Crippen LogP contribution in [0.2, 0.25) is 0 Å². The molecule has 2 rings (SSSR count). The molecule has 2 atom stereocenters. The van der Waals surface area contributed by atoms with Gasteiger partial charge in [-0.15, -0.1) is 0 Å². The molecule has 0 saturated carbocycles. The number of unbranched alkanes of at least 4 members (excludes halogenated alkanes) is 13. The SMILES string of the molecule is CCCCCCCCCCCCCCCCOC1=C(OCc2ccccc2)[C@@H]([C@@H](O)CO)OC1=O. The van der Waals surface area contributed by atoms with E-state index in [1.165, 1.54) is 70.6 Å². The Labute approximate surface area is 211 Å². The van der Waals surface area contributed by atoms with Gasteiger partial charge in [0.25, 0.3) is 0 Å². The Bertz CT molecular complexity index is 717. The molecule has 0 fully saturated rings. The van der Waals surface area contributed by atoms with E-state index in [9.17, 15) is 15.0 Å². The van der Waals surface area contributed by atoms with Crippen molar-refractivity contribution in [2.75, 3.05) is 13.2 Å². The third kappa shape index (κ3) is 11.5. The van der Waals surface area contributed by atoms with Crippen LogP contribution in [0.1, 0.15) is 102 Å². The van der Waals surface area contributed by atoms with Crippen molar-refractivity contribution in [3.05, 3.63) is 47.4 Å². The first-order valence-corrected chi connectivity index (χ1v) is 13.7. The zero-order valence-corrected chi connectivity index (χ0v) is 21.6. The second-order valence-electron chi connectivity index (χ2n) is 9.49. The maximum absolute atomic E-state index is 12.3. The summed E-state index contributed by atoms with van der Waals surface area (Å²) in [6, 6.07) is 9.52. The second-order valence-corrected chi connectivity index (χ2v) is 9.49. The number of carbonyl (C=O) groups is 1. The summed E-state index contributed by atoms with van der Waals surface area (Å²) in [5.41, 5.74) is 0.919. The minimum atomic E-state index is -1.26. The lowest BCUT2D eigenvalue weighted by Crippen LogP contribution is -2.32.